The van der Waals surface area contributed by atoms with Crippen molar-refractivity contribution < 1.29 is 9.53 Å². The van der Waals surface area contributed by atoms with Crippen LogP contribution in [0.1, 0.15) is 43.2 Å². The molecule has 0 spiro atoms. The summed E-state index contributed by atoms with van der Waals surface area (Å²) in [5.74, 6) is 1.55. The summed E-state index contributed by atoms with van der Waals surface area (Å²) in [5, 5.41) is 0. The molecule has 1 aliphatic carbocycles. The number of amides is 1. The number of allylic oxidation sites excluding steroid dienone is 1. The standard InChI is InChI=1S/C25H34N2O2/c28-25(22-11-15-29-18-22)27-16-21-4-3-5-23(24(21)17-27)20-8-6-19(7-9-20)10-14-26-12-1-2-13-26/h5-9,21-22,24H,1-4,10-18H2/t21-,22?,24+/m1/s1. The molecule has 3 aliphatic heterocycles. The van der Waals surface area contributed by atoms with Gasteiger partial charge in [0.1, 0.15) is 0 Å². The topological polar surface area (TPSA) is 32.8 Å². The summed E-state index contributed by atoms with van der Waals surface area (Å²) in [6, 6.07) is 9.29. The van der Waals surface area contributed by atoms with E-state index < -0.39 is 0 Å². The van der Waals surface area contributed by atoms with E-state index in [0.717, 1.165) is 39.0 Å². The molecule has 1 aromatic rings. The van der Waals surface area contributed by atoms with Crippen LogP contribution in [0.5, 0.6) is 0 Å². The minimum absolute atomic E-state index is 0.0949. The van der Waals surface area contributed by atoms with Gasteiger partial charge in [0, 0.05) is 32.2 Å². The first kappa shape index (κ1) is 19.3. The Morgan fingerprint density at radius 2 is 1.90 bits per heavy atom. The lowest BCUT2D eigenvalue weighted by atomic mass is 9.78. The molecular formula is C25H34N2O2. The van der Waals surface area contributed by atoms with E-state index in [1.165, 1.54) is 55.6 Å². The molecule has 0 N–H and O–H groups in total. The van der Waals surface area contributed by atoms with Crippen LogP contribution in [-0.4, -0.2) is 61.6 Å². The van der Waals surface area contributed by atoms with Crippen molar-refractivity contribution in [2.24, 2.45) is 17.8 Å². The van der Waals surface area contributed by atoms with Crippen LogP contribution in [-0.2, 0) is 16.0 Å². The van der Waals surface area contributed by atoms with E-state index in [1.54, 1.807) is 0 Å². The summed E-state index contributed by atoms with van der Waals surface area (Å²) in [7, 11) is 0. The van der Waals surface area contributed by atoms with Crippen LogP contribution in [0.4, 0.5) is 0 Å². The highest BCUT2D eigenvalue weighted by Crippen LogP contribution is 2.42. The zero-order chi connectivity index (χ0) is 19.6. The van der Waals surface area contributed by atoms with E-state index in [4.69, 9.17) is 4.74 Å². The second-order valence-electron chi connectivity index (χ2n) is 9.40. The van der Waals surface area contributed by atoms with E-state index in [9.17, 15) is 4.79 Å². The molecule has 156 valence electrons. The van der Waals surface area contributed by atoms with Crippen molar-refractivity contribution in [1.82, 2.24) is 9.80 Å². The SMILES string of the molecule is O=C(C1CCOC1)N1C[C@H]2CCC=C(c3ccc(CCN4CCCC4)cc3)[C@H]2C1. The molecule has 3 atom stereocenters. The Morgan fingerprint density at radius 3 is 2.66 bits per heavy atom. The Morgan fingerprint density at radius 1 is 1.07 bits per heavy atom. The summed E-state index contributed by atoms with van der Waals surface area (Å²) in [6.07, 6.45) is 9.57. The largest absolute Gasteiger partial charge is 0.381 e. The van der Waals surface area contributed by atoms with E-state index >= 15 is 0 Å². The number of carbonyl (C=O) groups excluding carboxylic acids is 1. The predicted octanol–water partition coefficient (Wildman–Crippen LogP) is 3.61. The van der Waals surface area contributed by atoms with Crippen molar-refractivity contribution in [2.75, 3.05) is 45.9 Å². The minimum atomic E-state index is 0.0949. The van der Waals surface area contributed by atoms with Crippen LogP contribution in [0.15, 0.2) is 30.3 Å². The van der Waals surface area contributed by atoms with E-state index in [2.05, 4.69) is 40.1 Å². The van der Waals surface area contributed by atoms with Gasteiger partial charge < -0.3 is 14.5 Å². The number of carbonyl (C=O) groups is 1. The highest BCUT2D eigenvalue weighted by molar-refractivity contribution is 5.80. The second-order valence-corrected chi connectivity index (χ2v) is 9.40. The van der Waals surface area contributed by atoms with Gasteiger partial charge in [0.2, 0.25) is 5.91 Å². The van der Waals surface area contributed by atoms with Crippen molar-refractivity contribution in [2.45, 2.75) is 38.5 Å². The number of hydrogen-bond donors (Lipinski definition) is 0. The Kier molecular flexibility index (Phi) is 5.74. The molecule has 4 nitrogen and oxygen atoms in total. The van der Waals surface area contributed by atoms with Crippen molar-refractivity contribution >= 4 is 11.5 Å². The first-order valence-corrected chi connectivity index (χ1v) is 11.7. The fraction of sp³-hybridized carbons (Fsp3) is 0.640. The lowest BCUT2D eigenvalue weighted by Crippen LogP contribution is -2.35. The molecule has 1 amide bonds. The van der Waals surface area contributed by atoms with Gasteiger partial charge in [-0.2, -0.15) is 0 Å². The maximum absolute atomic E-state index is 12.9. The van der Waals surface area contributed by atoms with Gasteiger partial charge in [-0.25, -0.2) is 0 Å². The van der Waals surface area contributed by atoms with E-state index in [0.29, 0.717) is 24.3 Å². The van der Waals surface area contributed by atoms with Gasteiger partial charge in [0.25, 0.3) is 0 Å². The quantitative estimate of drug-likeness (QED) is 0.765. The molecule has 0 saturated carbocycles. The third-order valence-electron chi connectivity index (χ3n) is 7.54. The maximum atomic E-state index is 12.9. The molecule has 4 aliphatic rings. The Labute approximate surface area is 174 Å². The monoisotopic (exact) mass is 394 g/mol. The number of likely N-dealkylation sites (tertiary alicyclic amines) is 2. The Bertz CT molecular complexity index is 745. The zero-order valence-electron chi connectivity index (χ0n) is 17.5. The van der Waals surface area contributed by atoms with Gasteiger partial charge in [0.15, 0.2) is 0 Å². The smallest absolute Gasteiger partial charge is 0.228 e. The fourth-order valence-electron chi connectivity index (χ4n) is 5.78. The first-order valence-electron chi connectivity index (χ1n) is 11.7. The van der Waals surface area contributed by atoms with E-state index in [1.807, 2.05) is 0 Å². The lowest BCUT2D eigenvalue weighted by Gasteiger charge is -2.26. The van der Waals surface area contributed by atoms with Crippen LogP contribution in [0.3, 0.4) is 0 Å². The molecule has 3 heterocycles. The highest BCUT2D eigenvalue weighted by atomic mass is 16.5. The second kappa shape index (κ2) is 8.61. The van der Waals surface area contributed by atoms with Crippen molar-refractivity contribution in [3.05, 3.63) is 41.5 Å². The number of ether oxygens (including phenoxy) is 1. The van der Waals surface area contributed by atoms with Crippen LogP contribution >= 0.6 is 0 Å². The summed E-state index contributed by atoms with van der Waals surface area (Å²) in [4.78, 5) is 17.6. The average molecular weight is 395 g/mol. The van der Waals surface area contributed by atoms with Crippen LogP contribution in [0.25, 0.3) is 5.57 Å². The number of nitrogens with zero attached hydrogens (tertiary/aromatic N) is 2. The molecule has 4 heteroatoms. The van der Waals surface area contributed by atoms with Gasteiger partial charge >= 0.3 is 0 Å². The average Bonchev–Trinajstić information content (AvgIpc) is 3.53. The van der Waals surface area contributed by atoms with Gasteiger partial charge in [-0.15, -0.1) is 0 Å². The van der Waals surface area contributed by atoms with Crippen LogP contribution in [0, 0.1) is 17.8 Å². The maximum Gasteiger partial charge on any atom is 0.228 e. The zero-order valence-corrected chi connectivity index (χ0v) is 17.5. The van der Waals surface area contributed by atoms with Gasteiger partial charge in [-0.3, -0.25) is 4.79 Å². The lowest BCUT2D eigenvalue weighted by molar-refractivity contribution is -0.134. The number of hydrogen-bond acceptors (Lipinski definition) is 3. The molecule has 0 aromatic heterocycles. The van der Waals surface area contributed by atoms with Gasteiger partial charge in [-0.1, -0.05) is 30.3 Å². The number of rotatable bonds is 5. The van der Waals surface area contributed by atoms with E-state index in [-0.39, 0.29) is 5.92 Å². The first-order chi connectivity index (χ1) is 14.3. The number of benzene rings is 1. The minimum Gasteiger partial charge on any atom is -0.381 e. The van der Waals surface area contributed by atoms with Crippen LogP contribution < -0.4 is 0 Å². The molecule has 3 saturated heterocycles. The predicted molar refractivity (Wildman–Crippen MR) is 116 cm³/mol. The summed E-state index contributed by atoms with van der Waals surface area (Å²) in [5.41, 5.74) is 4.28. The summed E-state index contributed by atoms with van der Waals surface area (Å²) in [6.45, 7) is 6.92. The molecule has 5 rings (SSSR count). The summed E-state index contributed by atoms with van der Waals surface area (Å²) < 4.78 is 5.45. The third kappa shape index (κ3) is 4.15. The van der Waals surface area contributed by atoms with Crippen LogP contribution in [0.2, 0.25) is 0 Å². The number of fused-ring (bicyclic) bond motifs is 1. The normalized spacial score (nSPS) is 29.9. The molecule has 29 heavy (non-hydrogen) atoms. The summed E-state index contributed by atoms with van der Waals surface area (Å²) >= 11 is 0. The molecule has 3 fully saturated rings. The molecule has 0 bridgehead atoms. The Hall–Kier alpha value is -1.65. The van der Waals surface area contributed by atoms with Gasteiger partial charge in [0.05, 0.1) is 12.5 Å². The molecule has 1 unspecified atom stereocenters. The van der Waals surface area contributed by atoms with Crippen molar-refractivity contribution in [3.63, 3.8) is 0 Å². The fourth-order valence-corrected chi connectivity index (χ4v) is 5.78. The molecular weight excluding hydrogens is 360 g/mol. The van der Waals surface area contributed by atoms with Crippen molar-refractivity contribution in [3.8, 4) is 0 Å². The molecule has 1 aromatic carbocycles. The Balaban J connectivity index is 1.23. The highest BCUT2D eigenvalue weighted by Gasteiger charge is 2.41. The molecule has 0 radical (unpaired) electrons. The van der Waals surface area contributed by atoms with Crippen molar-refractivity contribution in [1.29, 1.82) is 0 Å². The van der Waals surface area contributed by atoms with Gasteiger partial charge in [-0.05, 0) is 74.2 Å². The third-order valence-corrected chi connectivity index (χ3v) is 7.54.